The summed E-state index contributed by atoms with van der Waals surface area (Å²) in [5.41, 5.74) is 0.632. The fraction of sp³-hybridized carbons (Fsp3) is 0.308. The highest BCUT2D eigenvalue weighted by Gasteiger charge is 2.27. The summed E-state index contributed by atoms with van der Waals surface area (Å²) in [6, 6.07) is 4.22. The Bertz CT molecular complexity index is 767. The molecule has 0 radical (unpaired) electrons. The lowest BCUT2D eigenvalue weighted by atomic mass is 10.2. The zero-order chi connectivity index (χ0) is 15.8. The van der Waals surface area contributed by atoms with Gasteiger partial charge in [0.15, 0.2) is 0 Å². The maximum atomic E-state index is 14.1. The van der Waals surface area contributed by atoms with Crippen molar-refractivity contribution in [2.75, 3.05) is 0 Å². The monoisotopic (exact) mass is 350 g/mol. The van der Waals surface area contributed by atoms with Crippen LogP contribution in [0.5, 0.6) is 0 Å². The summed E-state index contributed by atoms with van der Waals surface area (Å²) in [4.78, 5) is -0.0616. The number of para-hydroxylation sites is 1. The Labute approximate surface area is 131 Å². The molecule has 114 valence electrons. The molecule has 1 aromatic heterocycles. The van der Waals surface area contributed by atoms with Gasteiger partial charge in [-0.05, 0) is 25.0 Å². The highest BCUT2D eigenvalue weighted by Crippen LogP contribution is 2.31. The summed E-state index contributed by atoms with van der Waals surface area (Å²) in [5.74, 6) is -0.583. The van der Waals surface area contributed by atoms with E-state index in [0.29, 0.717) is 24.2 Å². The molecule has 0 bridgehead atoms. The SMILES string of the molecule is CCc1nn(-c2c(F)cccc2Cl)c(CC)c1S(=O)(=O)Cl. The molecule has 2 rings (SSSR count). The Hall–Kier alpha value is -1.11. The zero-order valence-electron chi connectivity index (χ0n) is 11.4. The third-order valence-electron chi connectivity index (χ3n) is 3.06. The standard InChI is InChI=1S/C13H13Cl2FN2O2S/c1-3-10-13(21(15,19)20)11(4-2)18(17-10)12-8(14)6-5-7-9(12)16/h5-7H,3-4H2,1-2H3. The van der Waals surface area contributed by atoms with Crippen LogP contribution in [0.4, 0.5) is 4.39 Å². The molecule has 0 spiro atoms. The molecule has 8 heteroatoms. The number of benzene rings is 1. The molecule has 21 heavy (non-hydrogen) atoms. The van der Waals surface area contributed by atoms with Crippen molar-refractivity contribution in [3.8, 4) is 5.69 Å². The highest BCUT2D eigenvalue weighted by atomic mass is 35.7. The van der Waals surface area contributed by atoms with Crippen molar-refractivity contribution < 1.29 is 12.8 Å². The predicted octanol–water partition coefficient (Wildman–Crippen LogP) is 3.72. The van der Waals surface area contributed by atoms with E-state index in [1.54, 1.807) is 13.8 Å². The summed E-state index contributed by atoms with van der Waals surface area (Å²) < 4.78 is 38.9. The number of hydrogen-bond acceptors (Lipinski definition) is 3. The van der Waals surface area contributed by atoms with Crippen LogP contribution in [0.15, 0.2) is 23.1 Å². The second-order valence-corrected chi connectivity index (χ2v) is 7.26. The van der Waals surface area contributed by atoms with Crippen LogP contribution in [0.2, 0.25) is 5.02 Å². The molecule has 0 amide bonds. The van der Waals surface area contributed by atoms with Gasteiger partial charge in [0.2, 0.25) is 0 Å². The fourth-order valence-electron chi connectivity index (χ4n) is 2.19. The minimum absolute atomic E-state index is 0.0253. The molecule has 0 unspecified atom stereocenters. The van der Waals surface area contributed by atoms with Crippen LogP contribution in [0.1, 0.15) is 25.2 Å². The smallest absolute Gasteiger partial charge is 0.232 e. The molecule has 1 heterocycles. The number of hydrogen-bond donors (Lipinski definition) is 0. The van der Waals surface area contributed by atoms with Crippen molar-refractivity contribution in [2.45, 2.75) is 31.6 Å². The zero-order valence-corrected chi connectivity index (χ0v) is 13.7. The number of halogens is 3. The van der Waals surface area contributed by atoms with Crippen molar-refractivity contribution >= 4 is 31.3 Å². The molecule has 0 aliphatic carbocycles. The summed E-state index contributed by atoms with van der Waals surface area (Å²) in [7, 11) is 1.52. The Morgan fingerprint density at radius 3 is 2.43 bits per heavy atom. The molecule has 0 fully saturated rings. The Morgan fingerprint density at radius 1 is 1.29 bits per heavy atom. The van der Waals surface area contributed by atoms with Crippen LogP contribution in [0, 0.1) is 5.82 Å². The summed E-state index contributed by atoms with van der Waals surface area (Å²) in [6.45, 7) is 3.49. The molecule has 0 saturated carbocycles. The molecule has 0 N–H and O–H groups in total. The van der Waals surface area contributed by atoms with Gasteiger partial charge < -0.3 is 0 Å². The van der Waals surface area contributed by atoms with E-state index in [0.717, 1.165) is 0 Å². The second kappa shape index (κ2) is 5.94. The normalized spacial score (nSPS) is 11.9. The van der Waals surface area contributed by atoms with Gasteiger partial charge >= 0.3 is 0 Å². The van der Waals surface area contributed by atoms with Crippen molar-refractivity contribution in [1.82, 2.24) is 9.78 Å². The molecule has 1 aromatic carbocycles. The van der Waals surface area contributed by atoms with Crippen LogP contribution in [-0.2, 0) is 21.9 Å². The van der Waals surface area contributed by atoms with Gasteiger partial charge in [0.05, 0.1) is 16.4 Å². The number of nitrogens with zero attached hydrogens (tertiary/aromatic N) is 2. The molecule has 2 aromatic rings. The average molecular weight is 351 g/mol. The fourth-order valence-corrected chi connectivity index (χ4v) is 3.94. The van der Waals surface area contributed by atoms with Gasteiger partial charge in [-0.1, -0.05) is 31.5 Å². The Kier molecular flexibility index (Phi) is 4.60. The third kappa shape index (κ3) is 2.93. The van der Waals surface area contributed by atoms with Crippen LogP contribution < -0.4 is 0 Å². The van der Waals surface area contributed by atoms with Crippen LogP contribution in [0.25, 0.3) is 5.69 Å². The van der Waals surface area contributed by atoms with Crippen LogP contribution in [0.3, 0.4) is 0 Å². The van der Waals surface area contributed by atoms with Gasteiger partial charge in [0.1, 0.15) is 16.4 Å². The third-order valence-corrected chi connectivity index (χ3v) is 4.79. The Balaban J connectivity index is 2.86. The van der Waals surface area contributed by atoms with E-state index in [1.165, 1.54) is 22.9 Å². The van der Waals surface area contributed by atoms with Crippen molar-refractivity contribution in [2.24, 2.45) is 0 Å². The van der Waals surface area contributed by atoms with E-state index in [9.17, 15) is 12.8 Å². The number of aromatic nitrogens is 2. The van der Waals surface area contributed by atoms with Gasteiger partial charge in [-0.15, -0.1) is 0 Å². The van der Waals surface area contributed by atoms with E-state index in [1.807, 2.05) is 0 Å². The summed E-state index contributed by atoms with van der Waals surface area (Å²) >= 11 is 6.03. The van der Waals surface area contributed by atoms with E-state index >= 15 is 0 Å². The molecule has 0 atom stereocenters. The quantitative estimate of drug-likeness (QED) is 0.789. The summed E-state index contributed by atoms with van der Waals surface area (Å²) in [6.07, 6.45) is 0.673. The van der Waals surface area contributed by atoms with Crippen LogP contribution in [-0.4, -0.2) is 18.2 Å². The molecule has 4 nitrogen and oxygen atoms in total. The van der Waals surface area contributed by atoms with E-state index in [-0.39, 0.29) is 15.6 Å². The predicted molar refractivity (Wildman–Crippen MR) is 80.3 cm³/mol. The number of rotatable bonds is 4. The second-order valence-electron chi connectivity index (χ2n) is 4.35. The average Bonchev–Trinajstić information content (AvgIpc) is 2.77. The molecule has 0 aliphatic heterocycles. The first-order valence-corrected chi connectivity index (χ1v) is 8.99. The number of aryl methyl sites for hydroxylation is 1. The van der Waals surface area contributed by atoms with Gasteiger partial charge in [0, 0.05) is 10.7 Å². The van der Waals surface area contributed by atoms with Crippen molar-refractivity contribution in [3.63, 3.8) is 0 Å². The van der Waals surface area contributed by atoms with Crippen LogP contribution >= 0.6 is 22.3 Å². The van der Waals surface area contributed by atoms with Crippen molar-refractivity contribution in [3.05, 3.63) is 40.4 Å². The maximum Gasteiger partial charge on any atom is 0.265 e. The lowest BCUT2D eigenvalue weighted by Gasteiger charge is -2.09. The topological polar surface area (TPSA) is 52.0 Å². The van der Waals surface area contributed by atoms with E-state index in [2.05, 4.69) is 5.10 Å². The lowest BCUT2D eigenvalue weighted by molar-refractivity contribution is 0.602. The van der Waals surface area contributed by atoms with Crippen molar-refractivity contribution in [1.29, 1.82) is 0 Å². The molecular formula is C13H13Cl2FN2O2S. The largest absolute Gasteiger partial charge is 0.265 e. The molecule has 0 aliphatic rings. The molecular weight excluding hydrogens is 338 g/mol. The van der Waals surface area contributed by atoms with E-state index in [4.69, 9.17) is 22.3 Å². The van der Waals surface area contributed by atoms with Gasteiger partial charge in [-0.3, -0.25) is 0 Å². The van der Waals surface area contributed by atoms with Gasteiger partial charge in [0.25, 0.3) is 9.05 Å². The van der Waals surface area contributed by atoms with Gasteiger partial charge in [-0.2, -0.15) is 5.10 Å². The minimum atomic E-state index is -3.98. The summed E-state index contributed by atoms with van der Waals surface area (Å²) in [5, 5.41) is 4.33. The van der Waals surface area contributed by atoms with E-state index < -0.39 is 14.9 Å². The first-order chi connectivity index (χ1) is 9.81. The minimum Gasteiger partial charge on any atom is -0.232 e. The first-order valence-electron chi connectivity index (χ1n) is 6.31. The lowest BCUT2D eigenvalue weighted by Crippen LogP contribution is -2.06. The maximum absolute atomic E-state index is 14.1. The molecule has 0 saturated heterocycles. The highest BCUT2D eigenvalue weighted by molar-refractivity contribution is 8.13. The first kappa shape index (κ1) is 16.3. The van der Waals surface area contributed by atoms with Gasteiger partial charge in [-0.25, -0.2) is 17.5 Å². The Morgan fingerprint density at radius 2 is 1.95 bits per heavy atom.